The van der Waals surface area contributed by atoms with Crippen LogP contribution in [0.25, 0.3) is 0 Å². The number of aliphatic imine (C=N–C) groups is 1. The summed E-state index contributed by atoms with van der Waals surface area (Å²) in [6, 6.07) is 8.06. The fourth-order valence-electron chi connectivity index (χ4n) is 2.01. The van der Waals surface area contributed by atoms with Crippen molar-refractivity contribution in [3.63, 3.8) is 0 Å². The van der Waals surface area contributed by atoms with Gasteiger partial charge in [-0.2, -0.15) is 0 Å². The zero-order valence-corrected chi connectivity index (χ0v) is 15.4. The standard InChI is InChI=1S/C16H25N3O.HI/c1-16(2,3)19-15(17)18-11-12-7-4-5-10-14(12)20-13-8-6-9-13;/h4-5,7,10,13H,6,8-9,11H2,1-3H3,(H3,17,18,19);1H. The third-order valence-corrected chi connectivity index (χ3v) is 3.24. The number of nitrogens with two attached hydrogens (primary N) is 1. The van der Waals surface area contributed by atoms with E-state index in [0.29, 0.717) is 18.6 Å². The van der Waals surface area contributed by atoms with Crippen molar-refractivity contribution < 1.29 is 4.74 Å². The molecule has 1 aromatic rings. The van der Waals surface area contributed by atoms with Gasteiger partial charge in [-0.05, 0) is 46.1 Å². The molecule has 1 aliphatic carbocycles. The van der Waals surface area contributed by atoms with Crippen molar-refractivity contribution >= 4 is 29.9 Å². The molecular weight excluding hydrogens is 377 g/mol. The molecule has 5 heteroatoms. The van der Waals surface area contributed by atoms with Crippen molar-refractivity contribution in [1.29, 1.82) is 0 Å². The highest BCUT2D eigenvalue weighted by Gasteiger charge is 2.20. The average Bonchev–Trinajstić information content (AvgIpc) is 2.30. The maximum atomic E-state index is 5.98. The van der Waals surface area contributed by atoms with E-state index in [0.717, 1.165) is 24.2 Å². The Balaban J connectivity index is 0.00000220. The van der Waals surface area contributed by atoms with Gasteiger partial charge in [-0.15, -0.1) is 24.0 Å². The van der Waals surface area contributed by atoms with Crippen LogP contribution in [0.3, 0.4) is 0 Å². The maximum absolute atomic E-state index is 5.98. The van der Waals surface area contributed by atoms with Gasteiger partial charge in [0.15, 0.2) is 5.96 Å². The molecular formula is C16H26IN3O. The van der Waals surface area contributed by atoms with Gasteiger partial charge < -0.3 is 15.8 Å². The maximum Gasteiger partial charge on any atom is 0.189 e. The topological polar surface area (TPSA) is 59.6 Å². The van der Waals surface area contributed by atoms with E-state index in [1.165, 1.54) is 6.42 Å². The molecule has 1 aromatic carbocycles. The molecule has 3 N–H and O–H groups in total. The van der Waals surface area contributed by atoms with Crippen LogP contribution in [0.1, 0.15) is 45.6 Å². The van der Waals surface area contributed by atoms with Crippen LogP contribution in [0.5, 0.6) is 5.75 Å². The highest BCUT2D eigenvalue weighted by molar-refractivity contribution is 14.0. The number of benzene rings is 1. The Morgan fingerprint density at radius 3 is 2.57 bits per heavy atom. The van der Waals surface area contributed by atoms with E-state index in [2.05, 4.69) is 31.1 Å². The number of nitrogens with zero attached hydrogens (tertiary/aromatic N) is 1. The van der Waals surface area contributed by atoms with E-state index >= 15 is 0 Å². The molecule has 0 amide bonds. The first kappa shape index (κ1) is 18.1. The van der Waals surface area contributed by atoms with Gasteiger partial charge in [-0.25, -0.2) is 4.99 Å². The molecule has 0 saturated heterocycles. The number of halogens is 1. The van der Waals surface area contributed by atoms with Crippen molar-refractivity contribution in [3.8, 4) is 5.75 Å². The lowest BCUT2D eigenvalue weighted by Crippen LogP contribution is -2.44. The first-order valence-corrected chi connectivity index (χ1v) is 7.27. The van der Waals surface area contributed by atoms with E-state index < -0.39 is 0 Å². The Morgan fingerprint density at radius 2 is 2.00 bits per heavy atom. The summed E-state index contributed by atoms with van der Waals surface area (Å²) in [4.78, 5) is 4.39. The molecule has 2 rings (SSSR count). The lowest BCUT2D eigenvalue weighted by atomic mass is 9.96. The molecule has 0 radical (unpaired) electrons. The molecule has 1 fully saturated rings. The van der Waals surface area contributed by atoms with Gasteiger partial charge in [0, 0.05) is 11.1 Å². The number of hydrogen-bond donors (Lipinski definition) is 2. The SMILES string of the molecule is CC(C)(C)NC(N)=NCc1ccccc1OC1CCC1.I. The summed E-state index contributed by atoms with van der Waals surface area (Å²) in [5.74, 6) is 1.40. The number of ether oxygens (including phenoxy) is 1. The fraction of sp³-hybridized carbons (Fsp3) is 0.562. The number of guanidine groups is 1. The summed E-state index contributed by atoms with van der Waals surface area (Å²) in [7, 11) is 0. The first-order chi connectivity index (χ1) is 9.44. The Morgan fingerprint density at radius 1 is 1.33 bits per heavy atom. The second-order valence-corrected chi connectivity index (χ2v) is 6.35. The van der Waals surface area contributed by atoms with Gasteiger partial charge in [0.25, 0.3) is 0 Å². The molecule has 1 saturated carbocycles. The molecule has 118 valence electrons. The minimum Gasteiger partial charge on any atom is -0.490 e. The van der Waals surface area contributed by atoms with Crippen molar-refractivity contribution in [2.24, 2.45) is 10.7 Å². The van der Waals surface area contributed by atoms with Crippen molar-refractivity contribution in [2.45, 2.75) is 58.2 Å². The Kier molecular flexibility index (Phi) is 6.77. The summed E-state index contributed by atoms with van der Waals surface area (Å²) < 4.78 is 5.98. The van der Waals surface area contributed by atoms with Gasteiger partial charge in [0.05, 0.1) is 12.6 Å². The summed E-state index contributed by atoms with van der Waals surface area (Å²) in [6.07, 6.45) is 3.97. The monoisotopic (exact) mass is 403 g/mol. The Labute approximate surface area is 144 Å². The summed E-state index contributed by atoms with van der Waals surface area (Å²) >= 11 is 0. The first-order valence-electron chi connectivity index (χ1n) is 7.27. The van der Waals surface area contributed by atoms with Crippen LogP contribution >= 0.6 is 24.0 Å². The molecule has 4 nitrogen and oxygen atoms in total. The quantitative estimate of drug-likeness (QED) is 0.460. The van der Waals surface area contributed by atoms with Crippen molar-refractivity contribution in [3.05, 3.63) is 29.8 Å². The predicted octanol–water partition coefficient (Wildman–Crippen LogP) is 3.44. The van der Waals surface area contributed by atoms with Gasteiger partial charge >= 0.3 is 0 Å². The predicted molar refractivity (Wildman–Crippen MR) is 98.3 cm³/mol. The molecule has 0 heterocycles. The number of nitrogens with one attached hydrogen (secondary N) is 1. The molecule has 0 atom stereocenters. The molecule has 1 aliphatic rings. The number of para-hydroxylation sites is 1. The zero-order chi connectivity index (χ0) is 14.6. The van der Waals surface area contributed by atoms with Crippen LogP contribution < -0.4 is 15.8 Å². The minimum absolute atomic E-state index is 0. The van der Waals surface area contributed by atoms with E-state index in [4.69, 9.17) is 10.5 Å². The second-order valence-electron chi connectivity index (χ2n) is 6.35. The van der Waals surface area contributed by atoms with E-state index in [9.17, 15) is 0 Å². The van der Waals surface area contributed by atoms with Gasteiger partial charge in [0.1, 0.15) is 5.75 Å². The minimum atomic E-state index is -0.0739. The highest BCUT2D eigenvalue weighted by Crippen LogP contribution is 2.27. The lowest BCUT2D eigenvalue weighted by Gasteiger charge is -2.27. The number of hydrogen-bond acceptors (Lipinski definition) is 2. The summed E-state index contributed by atoms with van der Waals surface area (Å²) in [5.41, 5.74) is 6.90. The van der Waals surface area contributed by atoms with E-state index in [1.807, 2.05) is 24.3 Å². The molecule has 0 aromatic heterocycles. The van der Waals surface area contributed by atoms with Crippen LogP contribution in [0.4, 0.5) is 0 Å². The van der Waals surface area contributed by atoms with Crippen LogP contribution in [0.2, 0.25) is 0 Å². The number of rotatable bonds is 4. The lowest BCUT2D eigenvalue weighted by molar-refractivity contribution is 0.119. The van der Waals surface area contributed by atoms with Crippen LogP contribution in [-0.4, -0.2) is 17.6 Å². The molecule has 0 aliphatic heterocycles. The summed E-state index contributed by atoms with van der Waals surface area (Å²) in [5, 5.41) is 3.16. The molecule has 0 spiro atoms. The van der Waals surface area contributed by atoms with Gasteiger partial charge in [0.2, 0.25) is 0 Å². The van der Waals surface area contributed by atoms with E-state index in [-0.39, 0.29) is 29.5 Å². The Hall–Kier alpha value is -0.980. The van der Waals surface area contributed by atoms with Gasteiger partial charge in [-0.1, -0.05) is 18.2 Å². The second kappa shape index (κ2) is 7.87. The van der Waals surface area contributed by atoms with Crippen molar-refractivity contribution in [2.75, 3.05) is 0 Å². The van der Waals surface area contributed by atoms with Gasteiger partial charge in [-0.3, -0.25) is 0 Å². The zero-order valence-electron chi connectivity index (χ0n) is 13.1. The summed E-state index contributed by atoms with van der Waals surface area (Å²) in [6.45, 7) is 6.72. The Bertz CT molecular complexity index is 479. The largest absolute Gasteiger partial charge is 0.490 e. The van der Waals surface area contributed by atoms with Crippen LogP contribution in [0, 0.1) is 0 Å². The molecule has 0 unspecified atom stereocenters. The third kappa shape index (κ3) is 6.11. The molecule has 0 bridgehead atoms. The third-order valence-electron chi connectivity index (χ3n) is 3.24. The van der Waals surface area contributed by atoms with Crippen LogP contribution in [0.15, 0.2) is 29.3 Å². The van der Waals surface area contributed by atoms with Crippen LogP contribution in [-0.2, 0) is 6.54 Å². The van der Waals surface area contributed by atoms with Crippen molar-refractivity contribution in [1.82, 2.24) is 5.32 Å². The fourth-order valence-corrected chi connectivity index (χ4v) is 2.01. The normalized spacial score (nSPS) is 15.9. The highest BCUT2D eigenvalue weighted by atomic mass is 127. The molecule has 21 heavy (non-hydrogen) atoms. The average molecular weight is 403 g/mol. The van der Waals surface area contributed by atoms with E-state index in [1.54, 1.807) is 0 Å². The smallest absolute Gasteiger partial charge is 0.189 e.